The van der Waals surface area contributed by atoms with E-state index in [1.807, 2.05) is 0 Å². The van der Waals surface area contributed by atoms with E-state index in [0.29, 0.717) is 36.8 Å². The SMILES string of the molecule is NCCc1cc(C(F)(F)F)ccc1OCC1CC1. The van der Waals surface area contributed by atoms with Crippen LogP contribution in [0.25, 0.3) is 0 Å². The number of hydrogen-bond donors (Lipinski definition) is 1. The molecule has 0 atom stereocenters. The Balaban J connectivity index is 2.16. The maximum absolute atomic E-state index is 12.6. The molecule has 2 rings (SSSR count). The highest BCUT2D eigenvalue weighted by Crippen LogP contribution is 2.34. The molecular formula is C13H16F3NO. The molecule has 2 nitrogen and oxygen atoms in total. The Kier molecular flexibility index (Phi) is 3.80. The van der Waals surface area contributed by atoms with E-state index in [0.717, 1.165) is 25.0 Å². The normalized spacial score (nSPS) is 15.8. The molecule has 1 aliphatic carbocycles. The molecule has 0 aromatic heterocycles. The summed E-state index contributed by atoms with van der Waals surface area (Å²) >= 11 is 0. The third-order valence-electron chi connectivity index (χ3n) is 2.97. The number of rotatable bonds is 5. The Bertz CT molecular complexity index is 413. The highest BCUT2D eigenvalue weighted by atomic mass is 19.4. The Labute approximate surface area is 104 Å². The van der Waals surface area contributed by atoms with E-state index in [1.165, 1.54) is 6.07 Å². The quantitative estimate of drug-likeness (QED) is 0.882. The molecule has 0 bridgehead atoms. The Morgan fingerprint density at radius 3 is 2.56 bits per heavy atom. The molecule has 0 radical (unpaired) electrons. The van der Waals surface area contributed by atoms with Crippen LogP contribution in [0.15, 0.2) is 18.2 Å². The van der Waals surface area contributed by atoms with Gasteiger partial charge in [0.05, 0.1) is 12.2 Å². The molecule has 1 fully saturated rings. The predicted molar refractivity (Wildman–Crippen MR) is 62.4 cm³/mol. The van der Waals surface area contributed by atoms with Gasteiger partial charge >= 0.3 is 6.18 Å². The highest BCUT2D eigenvalue weighted by molar-refractivity contribution is 5.38. The molecule has 1 aromatic carbocycles. The summed E-state index contributed by atoms with van der Waals surface area (Å²) in [6, 6.07) is 3.59. The van der Waals surface area contributed by atoms with Gasteiger partial charge in [0.15, 0.2) is 0 Å². The minimum atomic E-state index is -4.32. The van der Waals surface area contributed by atoms with Gasteiger partial charge in [0.1, 0.15) is 5.75 Å². The molecule has 1 saturated carbocycles. The van der Waals surface area contributed by atoms with E-state index in [4.69, 9.17) is 10.5 Å². The van der Waals surface area contributed by atoms with Gasteiger partial charge in [-0.2, -0.15) is 13.2 Å². The van der Waals surface area contributed by atoms with Crippen LogP contribution >= 0.6 is 0 Å². The monoisotopic (exact) mass is 259 g/mol. The number of ether oxygens (including phenoxy) is 1. The van der Waals surface area contributed by atoms with Crippen LogP contribution in [0.2, 0.25) is 0 Å². The summed E-state index contributed by atoms with van der Waals surface area (Å²) in [5.41, 5.74) is 5.31. The molecular weight excluding hydrogens is 243 g/mol. The summed E-state index contributed by atoms with van der Waals surface area (Å²) in [6.07, 6.45) is -1.64. The van der Waals surface area contributed by atoms with Crippen molar-refractivity contribution in [3.05, 3.63) is 29.3 Å². The largest absolute Gasteiger partial charge is 0.493 e. The van der Waals surface area contributed by atoms with Gasteiger partial charge in [0.2, 0.25) is 0 Å². The smallest absolute Gasteiger partial charge is 0.416 e. The van der Waals surface area contributed by atoms with Crippen LogP contribution < -0.4 is 10.5 Å². The third kappa shape index (κ3) is 3.38. The van der Waals surface area contributed by atoms with Gasteiger partial charge < -0.3 is 10.5 Å². The third-order valence-corrected chi connectivity index (χ3v) is 2.97. The summed E-state index contributed by atoms with van der Waals surface area (Å²) in [7, 11) is 0. The van der Waals surface area contributed by atoms with Crippen molar-refractivity contribution < 1.29 is 17.9 Å². The zero-order chi connectivity index (χ0) is 13.2. The summed E-state index contributed by atoms with van der Waals surface area (Å²) in [5.74, 6) is 1.10. The molecule has 0 spiro atoms. The lowest BCUT2D eigenvalue weighted by atomic mass is 10.1. The summed E-state index contributed by atoms with van der Waals surface area (Å²) in [6.45, 7) is 0.893. The van der Waals surface area contributed by atoms with E-state index in [9.17, 15) is 13.2 Å². The van der Waals surface area contributed by atoms with E-state index >= 15 is 0 Å². The number of hydrogen-bond acceptors (Lipinski definition) is 2. The van der Waals surface area contributed by atoms with Crippen LogP contribution in [0.4, 0.5) is 13.2 Å². The van der Waals surface area contributed by atoms with E-state index in [2.05, 4.69) is 0 Å². The fourth-order valence-electron chi connectivity index (χ4n) is 1.74. The van der Waals surface area contributed by atoms with Gasteiger partial charge in [-0.25, -0.2) is 0 Å². The number of alkyl halides is 3. The fraction of sp³-hybridized carbons (Fsp3) is 0.538. The lowest BCUT2D eigenvalue weighted by Crippen LogP contribution is -2.10. The first-order valence-electron chi connectivity index (χ1n) is 6.03. The van der Waals surface area contributed by atoms with Crippen LogP contribution in [0, 0.1) is 5.92 Å². The standard InChI is InChI=1S/C13H16F3NO/c14-13(15,16)11-3-4-12(10(7-11)5-6-17)18-8-9-1-2-9/h3-4,7,9H,1-2,5-6,8,17H2. The van der Waals surface area contributed by atoms with Gasteiger partial charge in [-0.1, -0.05) is 0 Å². The molecule has 0 heterocycles. The number of halogens is 3. The maximum atomic E-state index is 12.6. The molecule has 2 N–H and O–H groups in total. The minimum absolute atomic E-state index is 0.307. The van der Waals surface area contributed by atoms with Crippen molar-refractivity contribution in [2.45, 2.75) is 25.4 Å². The maximum Gasteiger partial charge on any atom is 0.416 e. The topological polar surface area (TPSA) is 35.2 Å². The summed E-state index contributed by atoms with van der Waals surface area (Å²) in [5, 5.41) is 0. The van der Waals surface area contributed by atoms with Crippen molar-refractivity contribution in [2.24, 2.45) is 11.7 Å². The zero-order valence-electron chi connectivity index (χ0n) is 9.96. The summed E-state index contributed by atoms with van der Waals surface area (Å²) in [4.78, 5) is 0. The molecule has 0 aliphatic heterocycles. The van der Waals surface area contributed by atoms with Gasteiger partial charge in [-0.15, -0.1) is 0 Å². The Morgan fingerprint density at radius 2 is 2.00 bits per heavy atom. The minimum Gasteiger partial charge on any atom is -0.493 e. The molecule has 1 aliphatic rings. The van der Waals surface area contributed by atoms with Crippen molar-refractivity contribution in [1.82, 2.24) is 0 Å². The second-order valence-electron chi connectivity index (χ2n) is 4.61. The van der Waals surface area contributed by atoms with Gasteiger partial charge in [-0.05, 0) is 55.5 Å². The molecule has 1 aromatic rings. The molecule has 5 heteroatoms. The Morgan fingerprint density at radius 1 is 1.28 bits per heavy atom. The van der Waals surface area contributed by atoms with Crippen molar-refractivity contribution in [1.29, 1.82) is 0 Å². The van der Waals surface area contributed by atoms with Crippen molar-refractivity contribution >= 4 is 0 Å². The second-order valence-corrected chi connectivity index (χ2v) is 4.61. The van der Waals surface area contributed by atoms with E-state index < -0.39 is 11.7 Å². The zero-order valence-corrected chi connectivity index (χ0v) is 9.96. The second kappa shape index (κ2) is 5.18. The van der Waals surface area contributed by atoms with Crippen LogP contribution in [0.3, 0.4) is 0 Å². The van der Waals surface area contributed by atoms with Gasteiger partial charge in [-0.3, -0.25) is 0 Å². The Hall–Kier alpha value is -1.23. The number of nitrogens with two attached hydrogens (primary N) is 1. The van der Waals surface area contributed by atoms with Crippen molar-refractivity contribution in [3.8, 4) is 5.75 Å². The van der Waals surface area contributed by atoms with Crippen LogP contribution in [0.5, 0.6) is 5.75 Å². The first-order valence-corrected chi connectivity index (χ1v) is 6.03. The van der Waals surface area contributed by atoms with Gasteiger partial charge in [0.25, 0.3) is 0 Å². The van der Waals surface area contributed by atoms with Crippen LogP contribution in [0.1, 0.15) is 24.0 Å². The summed E-state index contributed by atoms with van der Waals surface area (Å²) < 4.78 is 43.3. The molecule has 18 heavy (non-hydrogen) atoms. The van der Waals surface area contributed by atoms with Gasteiger partial charge in [0, 0.05) is 0 Å². The van der Waals surface area contributed by atoms with Crippen LogP contribution in [-0.2, 0) is 12.6 Å². The molecule has 100 valence electrons. The lowest BCUT2D eigenvalue weighted by Gasteiger charge is -2.14. The molecule has 0 amide bonds. The average molecular weight is 259 g/mol. The van der Waals surface area contributed by atoms with E-state index in [-0.39, 0.29) is 0 Å². The predicted octanol–water partition coefficient (Wildman–Crippen LogP) is 3.00. The highest BCUT2D eigenvalue weighted by Gasteiger charge is 2.31. The van der Waals surface area contributed by atoms with E-state index in [1.54, 1.807) is 0 Å². The molecule has 0 saturated heterocycles. The van der Waals surface area contributed by atoms with Crippen molar-refractivity contribution in [3.63, 3.8) is 0 Å². The van der Waals surface area contributed by atoms with Crippen molar-refractivity contribution in [2.75, 3.05) is 13.2 Å². The number of benzene rings is 1. The molecule has 0 unspecified atom stereocenters. The lowest BCUT2D eigenvalue weighted by molar-refractivity contribution is -0.137. The first-order chi connectivity index (χ1) is 8.50. The first kappa shape index (κ1) is 13.2. The van der Waals surface area contributed by atoms with Crippen LogP contribution in [-0.4, -0.2) is 13.2 Å². The fourth-order valence-corrected chi connectivity index (χ4v) is 1.74. The average Bonchev–Trinajstić information content (AvgIpc) is 3.10.